The molecule has 3 rings (SSSR count). The highest BCUT2D eigenvalue weighted by atomic mass is 35.5. The largest absolute Gasteiger partial charge is 0.508 e. The predicted octanol–water partition coefficient (Wildman–Crippen LogP) is 5.15. The second-order valence-electron chi connectivity index (χ2n) is 5.66. The first-order valence-electron chi connectivity index (χ1n) is 7.02. The fourth-order valence-electron chi connectivity index (χ4n) is 3.28. The second kappa shape index (κ2) is 5.23. The van der Waals surface area contributed by atoms with Crippen LogP contribution in [0.15, 0.2) is 30.3 Å². The van der Waals surface area contributed by atoms with Gasteiger partial charge in [0.15, 0.2) is 0 Å². The van der Waals surface area contributed by atoms with Crippen LogP contribution in [0.5, 0.6) is 5.75 Å². The summed E-state index contributed by atoms with van der Waals surface area (Å²) in [6.07, 6.45) is 0.804. The van der Waals surface area contributed by atoms with Crippen molar-refractivity contribution in [1.82, 2.24) is 0 Å². The van der Waals surface area contributed by atoms with E-state index in [2.05, 4.69) is 12.2 Å². The summed E-state index contributed by atoms with van der Waals surface area (Å²) in [6.45, 7) is 4.16. The third-order valence-electron chi connectivity index (χ3n) is 4.19. The van der Waals surface area contributed by atoms with Crippen LogP contribution in [0, 0.1) is 12.7 Å². The minimum absolute atomic E-state index is 0.135. The number of anilines is 1. The molecular formula is C17H17ClFNO. The fraction of sp³-hybridized carbons (Fsp3) is 0.294. The van der Waals surface area contributed by atoms with Gasteiger partial charge >= 0.3 is 0 Å². The Morgan fingerprint density at radius 3 is 2.71 bits per heavy atom. The first kappa shape index (κ1) is 14.2. The molecule has 0 spiro atoms. The number of aromatic hydroxyl groups is 1. The quantitative estimate of drug-likeness (QED) is 0.804. The van der Waals surface area contributed by atoms with Gasteiger partial charge in [0.25, 0.3) is 0 Å². The molecule has 1 aliphatic rings. The van der Waals surface area contributed by atoms with Crippen LogP contribution < -0.4 is 5.32 Å². The van der Waals surface area contributed by atoms with Crippen molar-refractivity contribution in [1.29, 1.82) is 0 Å². The molecule has 110 valence electrons. The molecule has 0 saturated carbocycles. The van der Waals surface area contributed by atoms with Crippen LogP contribution in [0.25, 0.3) is 0 Å². The molecule has 21 heavy (non-hydrogen) atoms. The summed E-state index contributed by atoms with van der Waals surface area (Å²) >= 11 is 6.08. The molecule has 2 nitrogen and oxygen atoms in total. The van der Waals surface area contributed by atoms with Gasteiger partial charge in [-0.15, -0.1) is 0 Å². The van der Waals surface area contributed by atoms with Crippen molar-refractivity contribution >= 4 is 17.3 Å². The van der Waals surface area contributed by atoms with Crippen LogP contribution in [0.2, 0.25) is 5.02 Å². The molecule has 0 radical (unpaired) electrons. The Bertz CT molecular complexity index is 681. The molecule has 2 aromatic carbocycles. The van der Waals surface area contributed by atoms with Gasteiger partial charge in [0, 0.05) is 5.56 Å². The van der Waals surface area contributed by atoms with E-state index < -0.39 is 0 Å². The Labute approximate surface area is 128 Å². The van der Waals surface area contributed by atoms with Gasteiger partial charge in [0.2, 0.25) is 0 Å². The zero-order chi connectivity index (χ0) is 15.1. The summed E-state index contributed by atoms with van der Waals surface area (Å²) in [5, 5.41) is 13.7. The standard InChI is InChI=1S/C17H17ClFNO/c1-9-6-7-14(21)16-13(8-10(2)15(9)16)20-17-11(18)4-3-5-12(17)19/h3-7,10,13,20-21H,8H2,1-2H3. The second-order valence-corrected chi connectivity index (χ2v) is 6.07. The van der Waals surface area contributed by atoms with E-state index in [0.29, 0.717) is 16.6 Å². The van der Waals surface area contributed by atoms with E-state index in [1.54, 1.807) is 18.2 Å². The van der Waals surface area contributed by atoms with Crippen LogP contribution in [-0.2, 0) is 0 Å². The van der Waals surface area contributed by atoms with Gasteiger partial charge in [-0.05, 0) is 48.6 Å². The smallest absolute Gasteiger partial charge is 0.147 e. The number of halogens is 2. The summed E-state index contributed by atoms with van der Waals surface area (Å²) in [7, 11) is 0. The highest BCUT2D eigenvalue weighted by Crippen LogP contribution is 2.47. The molecule has 2 unspecified atom stereocenters. The number of para-hydroxylation sites is 1. The highest BCUT2D eigenvalue weighted by Gasteiger charge is 2.32. The van der Waals surface area contributed by atoms with Crippen LogP contribution in [-0.4, -0.2) is 5.11 Å². The van der Waals surface area contributed by atoms with Gasteiger partial charge in [-0.25, -0.2) is 4.39 Å². The van der Waals surface area contributed by atoms with Gasteiger partial charge < -0.3 is 10.4 Å². The molecule has 2 N–H and O–H groups in total. The van der Waals surface area contributed by atoms with Crippen molar-refractivity contribution in [2.45, 2.75) is 32.2 Å². The van der Waals surface area contributed by atoms with Crippen LogP contribution in [0.1, 0.15) is 42.0 Å². The highest BCUT2D eigenvalue weighted by molar-refractivity contribution is 6.33. The molecule has 1 aliphatic carbocycles. The average molecular weight is 306 g/mol. The zero-order valence-electron chi connectivity index (χ0n) is 12.0. The summed E-state index contributed by atoms with van der Waals surface area (Å²) in [5.41, 5.74) is 3.46. The number of hydrogen-bond acceptors (Lipinski definition) is 2. The van der Waals surface area contributed by atoms with Crippen molar-refractivity contribution in [2.75, 3.05) is 5.32 Å². The Morgan fingerprint density at radius 2 is 2.00 bits per heavy atom. The monoisotopic (exact) mass is 305 g/mol. The van der Waals surface area contributed by atoms with Gasteiger partial charge in [-0.3, -0.25) is 0 Å². The molecule has 2 aromatic rings. The number of hydrogen-bond donors (Lipinski definition) is 2. The molecular weight excluding hydrogens is 289 g/mol. The molecule has 2 atom stereocenters. The Kier molecular flexibility index (Phi) is 3.54. The van der Waals surface area contributed by atoms with E-state index in [4.69, 9.17) is 11.6 Å². The topological polar surface area (TPSA) is 32.3 Å². The van der Waals surface area contributed by atoms with Crippen molar-refractivity contribution in [2.24, 2.45) is 0 Å². The van der Waals surface area contributed by atoms with Gasteiger partial charge in [-0.1, -0.05) is 30.7 Å². The number of fused-ring (bicyclic) bond motifs is 1. The lowest BCUT2D eigenvalue weighted by Gasteiger charge is -2.18. The van der Waals surface area contributed by atoms with Gasteiger partial charge in [0.05, 0.1) is 16.8 Å². The first-order valence-corrected chi connectivity index (χ1v) is 7.39. The summed E-state index contributed by atoms with van der Waals surface area (Å²) in [6, 6.07) is 8.10. The van der Waals surface area contributed by atoms with Gasteiger partial charge in [0.1, 0.15) is 11.6 Å². The number of benzene rings is 2. The Morgan fingerprint density at radius 1 is 1.24 bits per heavy atom. The lowest BCUT2D eigenvalue weighted by atomic mass is 9.97. The maximum absolute atomic E-state index is 13.9. The van der Waals surface area contributed by atoms with Gasteiger partial charge in [-0.2, -0.15) is 0 Å². The molecule has 0 fully saturated rings. The molecule has 0 bridgehead atoms. The fourth-order valence-corrected chi connectivity index (χ4v) is 3.50. The number of nitrogens with one attached hydrogen (secondary N) is 1. The Balaban J connectivity index is 2.03. The number of aryl methyl sites for hydroxylation is 1. The SMILES string of the molecule is Cc1ccc(O)c2c1C(C)CC2Nc1c(F)cccc1Cl. The number of phenols is 1. The molecule has 0 aliphatic heterocycles. The summed E-state index contributed by atoms with van der Waals surface area (Å²) in [4.78, 5) is 0. The third-order valence-corrected chi connectivity index (χ3v) is 4.51. The van der Waals surface area contributed by atoms with Crippen LogP contribution in [0.4, 0.5) is 10.1 Å². The molecule has 0 amide bonds. The van der Waals surface area contributed by atoms with Crippen molar-refractivity contribution in [3.8, 4) is 5.75 Å². The maximum atomic E-state index is 13.9. The minimum Gasteiger partial charge on any atom is -0.508 e. The van der Waals surface area contributed by atoms with Crippen molar-refractivity contribution in [3.63, 3.8) is 0 Å². The van der Waals surface area contributed by atoms with E-state index >= 15 is 0 Å². The van der Waals surface area contributed by atoms with E-state index in [1.807, 2.05) is 13.0 Å². The predicted molar refractivity (Wildman–Crippen MR) is 83.6 cm³/mol. The van der Waals surface area contributed by atoms with Crippen molar-refractivity contribution < 1.29 is 9.50 Å². The molecule has 0 saturated heterocycles. The normalized spacial score (nSPS) is 20.4. The number of phenolic OH excluding ortho intramolecular Hbond substituents is 1. The summed E-state index contributed by atoms with van der Waals surface area (Å²) in [5.74, 6) is 0.191. The lowest BCUT2D eigenvalue weighted by molar-refractivity contribution is 0.465. The van der Waals surface area contributed by atoms with Crippen molar-refractivity contribution in [3.05, 3.63) is 57.9 Å². The lowest BCUT2D eigenvalue weighted by Crippen LogP contribution is -2.09. The van der Waals surface area contributed by atoms with Crippen LogP contribution >= 0.6 is 11.6 Å². The van der Waals surface area contributed by atoms with Crippen LogP contribution in [0.3, 0.4) is 0 Å². The third kappa shape index (κ3) is 2.36. The maximum Gasteiger partial charge on any atom is 0.147 e. The molecule has 0 heterocycles. The first-order chi connectivity index (χ1) is 9.99. The molecule has 0 aromatic heterocycles. The van der Waals surface area contributed by atoms with E-state index in [-0.39, 0.29) is 17.6 Å². The average Bonchev–Trinajstić information content (AvgIpc) is 2.77. The van der Waals surface area contributed by atoms with E-state index in [0.717, 1.165) is 23.1 Å². The summed E-state index contributed by atoms with van der Waals surface area (Å²) < 4.78 is 13.9. The minimum atomic E-state index is -0.379. The Hall–Kier alpha value is -1.74. The zero-order valence-corrected chi connectivity index (χ0v) is 12.7. The molecule has 4 heteroatoms. The van der Waals surface area contributed by atoms with E-state index in [9.17, 15) is 9.50 Å². The van der Waals surface area contributed by atoms with E-state index in [1.165, 1.54) is 6.07 Å². The number of rotatable bonds is 2.